The van der Waals surface area contributed by atoms with Crippen LogP contribution in [0, 0.1) is 5.82 Å². The first-order valence-corrected chi connectivity index (χ1v) is 10.1. The van der Waals surface area contributed by atoms with Crippen LogP contribution in [0.25, 0.3) is 0 Å². The topological polar surface area (TPSA) is 48.4 Å². The number of aryl methyl sites for hydroxylation is 1. The van der Waals surface area contributed by atoms with Crippen molar-refractivity contribution in [3.05, 3.63) is 66.1 Å². The molecule has 0 atom stereocenters. The van der Waals surface area contributed by atoms with E-state index in [4.69, 9.17) is 4.98 Å². The number of piperazine rings is 1. The highest BCUT2D eigenvalue weighted by Crippen LogP contribution is 2.32. The SMILES string of the molecule is Fc1ccccc1N1CCN(c2nncc(N3CCCc4ccccc43)n2)CC1. The fraction of sp³-hybridized carbons (Fsp3) is 0.318. The maximum Gasteiger partial charge on any atom is 0.247 e. The number of hydrogen-bond donors (Lipinski definition) is 0. The van der Waals surface area contributed by atoms with E-state index in [-0.39, 0.29) is 5.82 Å². The molecule has 3 heterocycles. The summed E-state index contributed by atoms with van der Waals surface area (Å²) in [7, 11) is 0. The molecule has 0 unspecified atom stereocenters. The van der Waals surface area contributed by atoms with Gasteiger partial charge in [-0.1, -0.05) is 30.3 Å². The van der Waals surface area contributed by atoms with Crippen LogP contribution in [-0.4, -0.2) is 47.9 Å². The number of fused-ring (bicyclic) bond motifs is 1. The zero-order valence-corrected chi connectivity index (χ0v) is 16.2. The van der Waals surface area contributed by atoms with Crippen LogP contribution in [0.3, 0.4) is 0 Å². The Labute approximate surface area is 169 Å². The lowest BCUT2D eigenvalue weighted by Gasteiger charge is -2.36. The van der Waals surface area contributed by atoms with E-state index < -0.39 is 0 Å². The van der Waals surface area contributed by atoms with Gasteiger partial charge in [-0.25, -0.2) is 4.39 Å². The lowest BCUT2D eigenvalue weighted by atomic mass is 10.0. The molecule has 6 nitrogen and oxygen atoms in total. The summed E-state index contributed by atoms with van der Waals surface area (Å²) in [5.41, 5.74) is 3.21. The van der Waals surface area contributed by atoms with Gasteiger partial charge in [-0.15, -0.1) is 5.10 Å². The summed E-state index contributed by atoms with van der Waals surface area (Å²) in [6, 6.07) is 15.4. The number of benzene rings is 2. The van der Waals surface area contributed by atoms with Gasteiger partial charge in [0.15, 0.2) is 5.82 Å². The van der Waals surface area contributed by atoms with Gasteiger partial charge in [0.2, 0.25) is 5.95 Å². The summed E-state index contributed by atoms with van der Waals surface area (Å²) < 4.78 is 14.1. The van der Waals surface area contributed by atoms with Crippen molar-refractivity contribution in [1.29, 1.82) is 0 Å². The Balaban J connectivity index is 1.33. The second-order valence-corrected chi connectivity index (χ2v) is 7.42. The molecule has 1 saturated heterocycles. The second-order valence-electron chi connectivity index (χ2n) is 7.42. The van der Waals surface area contributed by atoms with Crippen LogP contribution in [0.5, 0.6) is 0 Å². The fourth-order valence-corrected chi connectivity index (χ4v) is 4.18. The molecule has 0 radical (unpaired) electrons. The van der Waals surface area contributed by atoms with Gasteiger partial charge in [0.05, 0.1) is 11.9 Å². The van der Waals surface area contributed by atoms with Crippen LogP contribution in [0.4, 0.5) is 27.5 Å². The predicted octanol–water partition coefficient (Wildman–Crippen LogP) is 3.42. The zero-order chi connectivity index (χ0) is 19.6. The molecule has 0 saturated carbocycles. The van der Waals surface area contributed by atoms with Crippen LogP contribution in [-0.2, 0) is 6.42 Å². The van der Waals surface area contributed by atoms with Gasteiger partial charge < -0.3 is 14.7 Å². The zero-order valence-electron chi connectivity index (χ0n) is 16.2. The van der Waals surface area contributed by atoms with Crippen LogP contribution in [0.2, 0.25) is 0 Å². The molecule has 1 aromatic heterocycles. The quantitative estimate of drug-likeness (QED) is 0.683. The molecule has 2 aromatic carbocycles. The molecule has 0 N–H and O–H groups in total. The normalized spacial score (nSPS) is 16.7. The van der Waals surface area contributed by atoms with E-state index in [1.807, 2.05) is 12.1 Å². The number of para-hydroxylation sites is 2. The minimum Gasteiger partial charge on any atom is -0.366 e. The number of nitrogens with zero attached hydrogens (tertiary/aromatic N) is 6. The van der Waals surface area contributed by atoms with Crippen LogP contribution >= 0.6 is 0 Å². The van der Waals surface area contributed by atoms with Crippen molar-refractivity contribution in [1.82, 2.24) is 15.2 Å². The molecule has 2 aliphatic rings. The summed E-state index contributed by atoms with van der Waals surface area (Å²) >= 11 is 0. The Kier molecular flexibility index (Phi) is 4.71. The predicted molar refractivity (Wildman–Crippen MR) is 112 cm³/mol. The van der Waals surface area contributed by atoms with Crippen LogP contribution < -0.4 is 14.7 Å². The molecule has 0 bridgehead atoms. The Morgan fingerprint density at radius 2 is 1.52 bits per heavy atom. The first-order valence-electron chi connectivity index (χ1n) is 10.1. The highest BCUT2D eigenvalue weighted by atomic mass is 19.1. The van der Waals surface area contributed by atoms with Crippen molar-refractivity contribution in [3.8, 4) is 0 Å². The largest absolute Gasteiger partial charge is 0.366 e. The molecule has 7 heteroatoms. The molecular weight excluding hydrogens is 367 g/mol. The van der Waals surface area contributed by atoms with Crippen molar-refractivity contribution in [2.75, 3.05) is 47.4 Å². The molecule has 1 fully saturated rings. The first-order chi connectivity index (χ1) is 14.3. The summed E-state index contributed by atoms with van der Waals surface area (Å²) in [5, 5.41) is 8.50. The number of anilines is 4. The smallest absolute Gasteiger partial charge is 0.247 e. The minimum absolute atomic E-state index is 0.176. The molecule has 2 aliphatic heterocycles. The van der Waals surface area contributed by atoms with Crippen LogP contribution in [0.1, 0.15) is 12.0 Å². The van der Waals surface area contributed by atoms with Crippen molar-refractivity contribution in [2.24, 2.45) is 0 Å². The molecule has 0 spiro atoms. The van der Waals surface area contributed by atoms with E-state index in [1.54, 1.807) is 12.3 Å². The number of aromatic nitrogens is 3. The van der Waals surface area contributed by atoms with E-state index >= 15 is 0 Å². The van der Waals surface area contributed by atoms with E-state index in [0.717, 1.165) is 51.4 Å². The highest BCUT2D eigenvalue weighted by molar-refractivity contribution is 5.65. The average Bonchev–Trinajstić information content (AvgIpc) is 2.79. The third kappa shape index (κ3) is 3.48. The Morgan fingerprint density at radius 1 is 0.793 bits per heavy atom. The van der Waals surface area contributed by atoms with Crippen molar-refractivity contribution in [2.45, 2.75) is 12.8 Å². The van der Waals surface area contributed by atoms with Crippen LogP contribution in [0.15, 0.2) is 54.7 Å². The Hall–Kier alpha value is -3.22. The maximum absolute atomic E-state index is 14.1. The standard InChI is InChI=1S/C22H23FN6/c23-18-8-2-4-10-20(18)27-12-14-28(15-13-27)22-25-21(16-24-26-22)29-11-5-7-17-6-1-3-9-19(17)29/h1-4,6,8-10,16H,5,7,11-15H2. The molecule has 0 amide bonds. The van der Waals surface area contributed by atoms with Gasteiger partial charge >= 0.3 is 0 Å². The molecule has 0 aliphatic carbocycles. The lowest BCUT2D eigenvalue weighted by Crippen LogP contribution is -2.47. The number of halogens is 1. The third-order valence-electron chi connectivity index (χ3n) is 5.68. The summed E-state index contributed by atoms with van der Waals surface area (Å²) in [6.45, 7) is 3.84. The number of rotatable bonds is 3. The summed E-state index contributed by atoms with van der Waals surface area (Å²) in [5.74, 6) is 1.29. The Bertz CT molecular complexity index is 1000. The summed E-state index contributed by atoms with van der Waals surface area (Å²) in [4.78, 5) is 11.3. The van der Waals surface area contributed by atoms with E-state index in [9.17, 15) is 4.39 Å². The lowest BCUT2D eigenvalue weighted by molar-refractivity contribution is 0.592. The van der Waals surface area contributed by atoms with Crippen molar-refractivity contribution in [3.63, 3.8) is 0 Å². The van der Waals surface area contributed by atoms with Gasteiger partial charge in [-0.2, -0.15) is 10.1 Å². The van der Waals surface area contributed by atoms with E-state index in [0.29, 0.717) is 11.6 Å². The van der Waals surface area contributed by atoms with E-state index in [1.165, 1.54) is 17.3 Å². The second kappa shape index (κ2) is 7.66. The summed E-state index contributed by atoms with van der Waals surface area (Å²) in [6.07, 6.45) is 3.93. The van der Waals surface area contributed by atoms with Gasteiger partial charge in [-0.3, -0.25) is 0 Å². The van der Waals surface area contributed by atoms with Gasteiger partial charge in [0.25, 0.3) is 0 Å². The van der Waals surface area contributed by atoms with Gasteiger partial charge in [0, 0.05) is 38.4 Å². The molecular formula is C22H23FN6. The Morgan fingerprint density at radius 3 is 2.34 bits per heavy atom. The van der Waals surface area contributed by atoms with Crippen molar-refractivity contribution < 1.29 is 4.39 Å². The molecule has 29 heavy (non-hydrogen) atoms. The molecule has 5 rings (SSSR count). The van der Waals surface area contributed by atoms with Gasteiger partial charge in [-0.05, 0) is 36.6 Å². The van der Waals surface area contributed by atoms with E-state index in [2.05, 4.69) is 49.2 Å². The molecule has 3 aromatic rings. The van der Waals surface area contributed by atoms with Crippen molar-refractivity contribution >= 4 is 23.1 Å². The van der Waals surface area contributed by atoms with Gasteiger partial charge in [0.1, 0.15) is 5.82 Å². The fourth-order valence-electron chi connectivity index (χ4n) is 4.18. The molecule has 148 valence electrons. The average molecular weight is 390 g/mol. The third-order valence-corrected chi connectivity index (χ3v) is 5.68. The maximum atomic E-state index is 14.1. The highest BCUT2D eigenvalue weighted by Gasteiger charge is 2.24. The monoisotopic (exact) mass is 390 g/mol. The minimum atomic E-state index is -0.176. The number of hydrogen-bond acceptors (Lipinski definition) is 6. The first kappa shape index (κ1) is 17.8.